The van der Waals surface area contributed by atoms with E-state index in [-0.39, 0.29) is 21.7 Å². The monoisotopic (exact) mass is 323 g/mol. The summed E-state index contributed by atoms with van der Waals surface area (Å²) in [6.07, 6.45) is 1.33. The van der Waals surface area contributed by atoms with Crippen molar-refractivity contribution in [3.8, 4) is 11.4 Å². The molecule has 0 aliphatic rings. The van der Waals surface area contributed by atoms with Crippen molar-refractivity contribution in [3.05, 3.63) is 50.7 Å². The smallest absolute Gasteiger partial charge is 0.355 e. The molecule has 1 aromatic carbocycles. The van der Waals surface area contributed by atoms with Crippen molar-refractivity contribution >= 4 is 27.6 Å². The van der Waals surface area contributed by atoms with Crippen LogP contribution in [0.2, 0.25) is 0 Å². The zero-order valence-corrected chi connectivity index (χ0v) is 10.9. The number of aromatic nitrogens is 2. The molecular formula is C11H6BrN3O4. The molecule has 0 aliphatic heterocycles. The maximum absolute atomic E-state index is 10.9. The van der Waals surface area contributed by atoms with Crippen LogP contribution in [0, 0.1) is 10.1 Å². The second-order valence-electron chi connectivity index (χ2n) is 3.50. The van der Waals surface area contributed by atoms with Gasteiger partial charge < -0.3 is 5.11 Å². The Hall–Kier alpha value is -2.35. The molecule has 0 saturated heterocycles. The molecule has 7 nitrogen and oxygen atoms in total. The topological polar surface area (TPSA) is 106 Å². The van der Waals surface area contributed by atoms with E-state index in [2.05, 4.69) is 25.9 Å². The summed E-state index contributed by atoms with van der Waals surface area (Å²) in [7, 11) is 0. The molecule has 1 N–H and O–H groups in total. The molecule has 0 unspecified atom stereocenters. The van der Waals surface area contributed by atoms with Crippen LogP contribution in [0.25, 0.3) is 11.4 Å². The SMILES string of the molecule is O=C(O)c1nc(-c2ccc([N+](=O)[O-])cc2)ncc1Br. The molecule has 2 rings (SSSR count). The van der Waals surface area contributed by atoms with Crippen molar-refractivity contribution in [1.29, 1.82) is 0 Å². The lowest BCUT2D eigenvalue weighted by atomic mass is 10.2. The Kier molecular flexibility index (Phi) is 3.52. The number of non-ortho nitro benzene ring substituents is 1. The predicted molar refractivity (Wildman–Crippen MR) is 68.8 cm³/mol. The maximum atomic E-state index is 10.9. The average Bonchev–Trinajstić information content (AvgIpc) is 2.39. The van der Waals surface area contributed by atoms with Crippen molar-refractivity contribution in [2.45, 2.75) is 0 Å². The summed E-state index contributed by atoms with van der Waals surface area (Å²) < 4.78 is 0.269. The first-order chi connectivity index (χ1) is 8.99. The summed E-state index contributed by atoms with van der Waals surface area (Å²) in [4.78, 5) is 28.8. The number of nitro benzene ring substituents is 1. The van der Waals surface area contributed by atoms with Gasteiger partial charge in [0.05, 0.1) is 9.40 Å². The summed E-state index contributed by atoms with van der Waals surface area (Å²) in [5.74, 6) is -0.993. The number of rotatable bonds is 3. The van der Waals surface area contributed by atoms with Gasteiger partial charge in [0.25, 0.3) is 5.69 Å². The predicted octanol–water partition coefficient (Wildman–Crippen LogP) is 2.51. The first kappa shape index (κ1) is 13.1. The van der Waals surface area contributed by atoms with E-state index < -0.39 is 10.9 Å². The minimum absolute atomic E-state index is 0.0562. The molecule has 0 amide bonds. The Bertz CT molecular complexity index is 657. The Labute approximate surface area is 115 Å². The first-order valence-electron chi connectivity index (χ1n) is 4.99. The highest BCUT2D eigenvalue weighted by molar-refractivity contribution is 9.10. The van der Waals surface area contributed by atoms with E-state index in [0.717, 1.165) is 0 Å². The molecular weight excluding hydrogens is 318 g/mol. The zero-order valence-electron chi connectivity index (χ0n) is 9.28. The van der Waals surface area contributed by atoms with E-state index in [0.29, 0.717) is 5.56 Å². The molecule has 0 saturated carbocycles. The van der Waals surface area contributed by atoms with Gasteiger partial charge in [-0.15, -0.1) is 0 Å². The van der Waals surface area contributed by atoms with Crippen LogP contribution in [0.1, 0.15) is 10.5 Å². The lowest BCUT2D eigenvalue weighted by molar-refractivity contribution is -0.384. The van der Waals surface area contributed by atoms with Gasteiger partial charge in [-0.05, 0) is 28.1 Å². The summed E-state index contributed by atoms with van der Waals surface area (Å²) in [5.41, 5.74) is 0.281. The van der Waals surface area contributed by atoms with Gasteiger partial charge in [0.15, 0.2) is 11.5 Å². The van der Waals surface area contributed by atoms with Crippen LogP contribution in [0.5, 0.6) is 0 Å². The molecule has 0 aliphatic carbocycles. The molecule has 0 atom stereocenters. The fraction of sp³-hybridized carbons (Fsp3) is 0. The third kappa shape index (κ3) is 2.74. The van der Waals surface area contributed by atoms with Gasteiger partial charge in [-0.25, -0.2) is 14.8 Å². The molecule has 8 heteroatoms. The second kappa shape index (κ2) is 5.11. The van der Waals surface area contributed by atoms with Crippen LogP contribution in [0.4, 0.5) is 5.69 Å². The molecule has 0 radical (unpaired) electrons. The van der Waals surface area contributed by atoms with E-state index in [1.807, 2.05) is 0 Å². The number of halogens is 1. The van der Waals surface area contributed by atoms with E-state index in [9.17, 15) is 14.9 Å². The number of nitrogens with zero attached hydrogens (tertiary/aromatic N) is 3. The van der Waals surface area contributed by atoms with Crippen LogP contribution in [-0.4, -0.2) is 26.0 Å². The molecule has 1 heterocycles. The molecule has 0 bridgehead atoms. The van der Waals surface area contributed by atoms with E-state index in [4.69, 9.17) is 5.11 Å². The number of hydrogen-bond donors (Lipinski definition) is 1. The standard InChI is InChI=1S/C11H6BrN3O4/c12-8-5-13-10(14-9(8)11(16)17)6-1-3-7(4-2-6)15(18)19/h1-5H,(H,16,17). The number of nitro groups is 1. The Morgan fingerprint density at radius 2 is 1.95 bits per heavy atom. The quantitative estimate of drug-likeness (QED) is 0.687. The number of aromatic carboxylic acids is 1. The summed E-state index contributed by atoms with van der Waals surface area (Å²) in [5, 5.41) is 19.5. The van der Waals surface area contributed by atoms with Crippen LogP contribution in [-0.2, 0) is 0 Å². The lowest BCUT2D eigenvalue weighted by Gasteiger charge is -2.02. The van der Waals surface area contributed by atoms with Crippen LogP contribution < -0.4 is 0 Å². The molecule has 2 aromatic rings. The maximum Gasteiger partial charge on any atom is 0.355 e. The highest BCUT2D eigenvalue weighted by Gasteiger charge is 2.13. The van der Waals surface area contributed by atoms with Gasteiger partial charge in [0.1, 0.15) is 0 Å². The third-order valence-corrected chi connectivity index (χ3v) is 2.86. The van der Waals surface area contributed by atoms with Crippen molar-refractivity contribution in [1.82, 2.24) is 9.97 Å². The van der Waals surface area contributed by atoms with Crippen molar-refractivity contribution in [2.24, 2.45) is 0 Å². The molecule has 1 aromatic heterocycles. The Morgan fingerprint density at radius 1 is 1.32 bits per heavy atom. The van der Waals surface area contributed by atoms with Crippen molar-refractivity contribution in [2.75, 3.05) is 0 Å². The van der Waals surface area contributed by atoms with Crippen LogP contribution in [0.3, 0.4) is 0 Å². The lowest BCUT2D eigenvalue weighted by Crippen LogP contribution is -2.04. The van der Waals surface area contributed by atoms with Crippen LogP contribution in [0.15, 0.2) is 34.9 Å². The van der Waals surface area contributed by atoms with Crippen molar-refractivity contribution in [3.63, 3.8) is 0 Å². The number of carbonyl (C=O) groups is 1. The van der Waals surface area contributed by atoms with Crippen LogP contribution >= 0.6 is 15.9 Å². The van der Waals surface area contributed by atoms with Gasteiger partial charge in [-0.3, -0.25) is 10.1 Å². The fourth-order valence-electron chi connectivity index (χ4n) is 1.39. The van der Waals surface area contributed by atoms with E-state index >= 15 is 0 Å². The normalized spacial score (nSPS) is 10.2. The minimum atomic E-state index is -1.18. The van der Waals surface area contributed by atoms with Gasteiger partial charge in [-0.2, -0.15) is 0 Å². The summed E-state index contributed by atoms with van der Waals surface area (Å²) in [6, 6.07) is 5.54. The first-order valence-corrected chi connectivity index (χ1v) is 5.79. The van der Waals surface area contributed by atoms with Gasteiger partial charge in [0, 0.05) is 23.9 Å². The summed E-state index contributed by atoms with van der Waals surface area (Å²) in [6.45, 7) is 0. The number of carboxylic acids is 1. The Morgan fingerprint density at radius 3 is 2.47 bits per heavy atom. The molecule has 0 spiro atoms. The third-order valence-electron chi connectivity index (χ3n) is 2.28. The summed E-state index contributed by atoms with van der Waals surface area (Å²) >= 11 is 3.04. The number of benzene rings is 1. The fourth-order valence-corrected chi connectivity index (χ4v) is 1.75. The number of carboxylic acid groups (broad SMARTS) is 1. The molecule has 0 fully saturated rings. The Balaban J connectivity index is 2.44. The zero-order chi connectivity index (χ0) is 14.0. The largest absolute Gasteiger partial charge is 0.476 e. The second-order valence-corrected chi connectivity index (χ2v) is 4.35. The highest BCUT2D eigenvalue weighted by atomic mass is 79.9. The van der Waals surface area contributed by atoms with Gasteiger partial charge in [-0.1, -0.05) is 0 Å². The van der Waals surface area contributed by atoms with E-state index in [1.54, 1.807) is 0 Å². The molecule has 19 heavy (non-hydrogen) atoms. The molecule has 96 valence electrons. The minimum Gasteiger partial charge on any atom is -0.476 e. The number of hydrogen-bond acceptors (Lipinski definition) is 5. The average molecular weight is 324 g/mol. The van der Waals surface area contributed by atoms with Gasteiger partial charge in [0.2, 0.25) is 0 Å². The van der Waals surface area contributed by atoms with Crippen molar-refractivity contribution < 1.29 is 14.8 Å². The highest BCUT2D eigenvalue weighted by Crippen LogP contribution is 2.21. The van der Waals surface area contributed by atoms with E-state index in [1.165, 1.54) is 30.5 Å². The van der Waals surface area contributed by atoms with Gasteiger partial charge >= 0.3 is 5.97 Å².